The number of fused-ring (bicyclic) bond motifs is 1. The average molecular weight is 279 g/mol. The highest BCUT2D eigenvalue weighted by atomic mass is 16.6. The summed E-state index contributed by atoms with van der Waals surface area (Å²) in [5, 5.41) is 22.7. The Balaban J connectivity index is 2.09. The molecule has 1 aromatic carbocycles. The first-order valence-electron chi connectivity index (χ1n) is 6.53. The van der Waals surface area contributed by atoms with Crippen LogP contribution in [0.15, 0.2) is 22.6 Å². The van der Waals surface area contributed by atoms with Crippen LogP contribution in [-0.2, 0) is 0 Å². The molecular weight excluding hydrogens is 262 g/mol. The van der Waals surface area contributed by atoms with Gasteiger partial charge in [-0.05, 0) is 18.4 Å². The molecule has 7 heteroatoms. The molecule has 0 aliphatic heterocycles. The van der Waals surface area contributed by atoms with Crippen LogP contribution in [0, 0.1) is 16.0 Å². The number of benzene rings is 1. The van der Waals surface area contributed by atoms with Crippen molar-refractivity contribution < 1.29 is 14.4 Å². The highest BCUT2D eigenvalue weighted by molar-refractivity contribution is 5.77. The number of rotatable bonds is 7. The number of aliphatic hydroxyl groups excluding tert-OH is 1. The van der Waals surface area contributed by atoms with E-state index in [4.69, 9.17) is 9.52 Å². The molecule has 1 aromatic heterocycles. The van der Waals surface area contributed by atoms with Crippen molar-refractivity contribution >= 4 is 22.8 Å². The molecule has 2 rings (SSSR count). The van der Waals surface area contributed by atoms with Crippen LogP contribution in [0.1, 0.15) is 19.8 Å². The van der Waals surface area contributed by atoms with Crippen LogP contribution in [0.3, 0.4) is 0 Å². The average Bonchev–Trinajstić information content (AvgIpc) is 2.85. The predicted octanol–water partition coefficient (Wildman–Crippen LogP) is 2.56. The van der Waals surface area contributed by atoms with Gasteiger partial charge in [-0.25, -0.2) is 0 Å². The van der Waals surface area contributed by atoms with E-state index in [1.54, 1.807) is 0 Å². The summed E-state index contributed by atoms with van der Waals surface area (Å²) in [7, 11) is 0. The highest BCUT2D eigenvalue weighted by Crippen LogP contribution is 2.23. The van der Waals surface area contributed by atoms with Crippen LogP contribution < -0.4 is 5.32 Å². The molecule has 7 nitrogen and oxygen atoms in total. The first-order chi connectivity index (χ1) is 9.63. The molecule has 0 aliphatic rings. The highest BCUT2D eigenvalue weighted by Gasteiger charge is 2.12. The third-order valence-electron chi connectivity index (χ3n) is 3.24. The third kappa shape index (κ3) is 3.24. The normalized spacial score (nSPS) is 12.5. The molecular formula is C13H17N3O4. The molecule has 0 bridgehead atoms. The van der Waals surface area contributed by atoms with E-state index in [2.05, 4.69) is 17.2 Å². The number of nitrogens with one attached hydrogen (secondary N) is 1. The Bertz CT molecular complexity index is 596. The van der Waals surface area contributed by atoms with Gasteiger partial charge in [0.1, 0.15) is 5.52 Å². The summed E-state index contributed by atoms with van der Waals surface area (Å²) < 4.78 is 5.47. The van der Waals surface area contributed by atoms with Crippen molar-refractivity contribution in [2.45, 2.75) is 19.8 Å². The molecule has 2 N–H and O–H groups in total. The Morgan fingerprint density at radius 2 is 2.35 bits per heavy atom. The largest absolute Gasteiger partial charge is 0.424 e. The Labute approximate surface area is 115 Å². The van der Waals surface area contributed by atoms with Gasteiger partial charge in [0.15, 0.2) is 5.58 Å². The summed E-state index contributed by atoms with van der Waals surface area (Å²) in [6.45, 7) is 2.85. The van der Waals surface area contributed by atoms with Gasteiger partial charge in [0.2, 0.25) is 0 Å². The molecule has 0 amide bonds. The standard InChI is InChI=1S/C13H17N3O4/c1-2-9(5-6-17)8-14-13-15-11-7-10(16(18)19)3-4-12(11)20-13/h3-4,7,9,17H,2,5-6,8H2,1H3,(H,14,15). The molecule has 1 heterocycles. The third-order valence-corrected chi connectivity index (χ3v) is 3.24. The van der Waals surface area contributed by atoms with Gasteiger partial charge in [0.25, 0.3) is 11.7 Å². The van der Waals surface area contributed by atoms with Crippen molar-refractivity contribution in [3.63, 3.8) is 0 Å². The molecule has 1 unspecified atom stereocenters. The monoisotopic (exact) mass is 279 g/mol. The number of aromatic nitrogens is 1. The van der Waals surface area contributed by atoms with E-state index >= 15 is 0 Å². The maximum Gasteiger partial charge on any atom is 0.295 e. The second kappa shape index (κ2) is 6.33. The van der Waals surface area contributed by atoms with Crippen molar-refractivity contribution in [2.24, 2.45) is 5.92 Å². The lowest BCUT2D eigenvalue weighted by atomic mass is 10.0. The fourth-order valence-corrected chi connectivity index (χ4v) is 1.97. The molecule has 0 aliphatic carbocycles. The summed E-state index contributed by atoms with van der Waals surface area (Å²) in [6.07, 6.45) is 1.66. The Hall–Kier alpha value is -2.15. The summed E-state index contributed by atoms with van der Waals surface area (Å²) >= 11 is 0. The number of oxazole rings is 1. The SMILES string of the molecule is CCC(CCO)CNc1nc2cc([N+](=O)[O-])ccc2o1. The van der Waals surface area contributed by atoms with Gasteiger partial charge in [0, 0.05) is 25.3 Å². The quantitative estimate of drug-likeness (QED) is 0.596. The zero-order chi connectivity index (χ0) is 14.5. The van der Waals surface area contributed by atoms with E-state index in [1.165, 1.54) is 18.2 Å². The van der Waals surface area contributed by atoms with Crippen LogP contribution in [0.4, 0.5) is 11.7 Å². The molecule has 2 aromatic rings. The number of anilines is 1. The number of nitro groups is 1. The topological polar surface area (TPSA) is 101 Å². The van der Waals surface area contributed by atoms with E-state index < -0.39 is 4.92 Å². The lowest BCUT2D eigenvalue weighted by Crippen LogP contribution is -2.15. The molecule has 20 heavy (non-hydrogen) atoms. The predicted molar refractivity (Wildman–Crippen MR) is 74.6 cm³/mol. The lowest BCUT2D eigenvalue weighted by molar-refractivity contribution is -0.384. The Morgan fingerprint density at radius 3 is 3.00 bits per heavy atom. The van der Waals surface area contributed by atoms with Gasteiger partial charge < -0.3 is 14.8 Å². The number of hydrogen-bond acceptors (Lipinski definition) is 6. The molecule has 0 saturated carbocycles. The van der Waals surface area contributed by atoms with Gasteiger partial charge in [-0.1, -0.05) is 13.3 Å². The van der Waals surface area contributed by atoms with Gasteiger partial charge in [0.05, 0.1) is 4.92 Å². The number of non-ortho nitro benzene ring substituents is 1. The maximum atomic E-state index is 10.7. The summed E-state index contributed by atoms with van der Waals surface area (Å²) in [6, 6.07) is 4.65. The molecule has 0 radical (unpaired) electrons. The van der Waals surface area contributed by atoms with Crippen LogP contribution in [0.25, 0.3) is 11.1 Å². The maximum absolute atomic E-state index is 10.7. The second-order valence-electron chi connectivity index (χ2n) is 4.60. The first-order valence-corrected chi connectivity index (χ1v) is 6.53. The van der Waals surface area contributed by atoms with Crippen LogP contribution in [0.2, 0.25) is 0 Å². The minimum Gasteiger partial charge on any atom is -0.424 e. The van der Waals surface area contributed by atoms with E-state index in [0.717, 1.165) is 12.8 Å². The van der Waals surface area contributed by atoms with Crippen molar-refractivity contribution in [3.05, 3.63) is 28.3 Å². The van der Waals surface area contributed by atoms with Crippen molar-refractivity contribution in [1.29, 1.82) is 0 Å². The number of nitro benzene ring substituents is 1. The molecule has 108 valence electrons. The van der Waals surface area contributed by atoms with Gasteiger partial charge >= 0.3 is 0 Å². The van der Waals surface area contributed by atoms with Crippen LogP contribution >= 0.6 is 0 Å². The number of nitrogens with zero attached hydrogens (tertiary/aromatic N) is 2. The fraction of sp³-hybridized carbons (Fsp3) is 0.462. The summed E-state index contributed by atoms with van der Waals surface area (Å²) in [5.74, 6) is 0.337. The second-order valence-corrected chi connectivity index (χ2v) is 4.60. The van der Waals surface area contributed by atoms with Gasteiger partial charge in [-0.2, -0.15) is 4.98 Å². The molecule has 0 saturated heterocycles. The lowest BCUT2D eigenvalue weighted by Gasteiger charge is -2.12. The van der Waals surface area contributed by atoms with Crippen LogP contribution in [0.5, 0.6) is 0 Å². The minimum absolute atomic E-state index is 0.0101. The minimum atomic E-state index is -0.463. The van der Waals surface area contributed by atoms with E-state index in [-0.39, 0.29) is 12.3 Å². The van der Waals surface area contributed by atoms with Crippen molar-refractivity contribution in [2.75, 3.05) is 18.5 Å². The fourth-order valence-electron chi connectivity index (χ4n) is 1.97. The molecule has 0 fully saturated rings. The van der Waals surface area contributed by atoms with E-state index in [1.807, 2.05) is 0 Å². The first kappa shape index (κ1) is 14.3. The summed E-state index contributed by atoms with van der Waals surface area (Å²) in [4.78, 5) is 14.4. The smallest absolute Gasteiger partial charge is 0.295 e. The number of hydrogen-bond donors (Lipinski definition) is 2. The van der Waals surface area contributed by atoms with Crippen molar-refractivity contribution in [3.8, 4) is 0 Å². The van der Waals surface area contributed by atoms with E-state index in [0.29, 0.717) is 29.6 Å². The Kier molecular flexibility index (Phi) is 4.52. The van der Waals surface area contributed by atoms with Gasteiger partial charge in [-0.15, -0.1) is 0 Å². The molecule has 1 atom stereocenters. The molecule has 0 spiro atoms. The Morgan fingerprint density at radius 1 is 1.55 bits per heavy atom. The summed E-state index contributed by atoms with van der Waals surface area (Å²) in [5.41, 5.74) is 0.953. The number of aliphatic hydroxyl groups is 1. The van der Waals surface area contributed by atoms with Gasteiger partial charge in [-0.3, -0.25) is 10.1 Å². The van der Waals surface area contributed by atoms with Crippen LogP contribution in [-0.4, -0.2) is 28.2 Å². The zero-order valence-corrected chi connectivity index (χ0v) is 11.2. The van der Waals surface area contributed by atoms with E-state index in [9.17, 15) is 10.1 Å². The zero-order valence-electron chi connectivity index (χ0n) is 11.2. The van der Waals surface area contributed by atoms with Crippen molar-refractivity contribution in [1.82, 2.24) is 4.98 Å².